The minimum absolute atomic E-state index is 0.241. The first kappa shape index (κ1) is 20.9. The van der Waals surface area contributed by atoms with Gasteiger partial charge in [0.1, 0.15) is 11.5 Å². The summed E-state index contributed by atoms with van der Waals surface area (Å²) in [5.74, 6) is 0.845. The molecular formula is C24H24N2O4. The molecule has 0 spiro atoms. The normalized spacial score (nSPS) is 11.3. The van der Waals surface area contributed by atoms with Gasteiger partial charge in [-0.3, -0.25) is 9.59 Å². The topological polar surface area (TPSA) is 76.7 Å². The molecule has 30 heavy (non-hydrogen) atoms. The smallest absolute Gasteiger partial charge is 0.265 e. The van der Waals surface area contributed by atoms with Gasteiger partial charge in [-0.05, 0) is 80.1 Å². The average molecular weight is 404 g/mol. The molecule has 0 saturated carbocycles. The number of amides is 2. The molecule has 2 N–H and O–H groups in total. The molecule has 0 bridgehead atoms. The first-order chi connectivity index (χ1) is 14.4. The van der Waals surface area contributed by atoms with Crippen LogP contribution < -0.4 is 20.1 Å². The van der Waals surface area contributed by atoms with Gasteiger partial charge in [-0.2, -0.15) is 0 Å². The van der Waals surface area contributed by atoms with Gasteiger partial charge in [0.25, 0.3) is 11.8 Å². The fraction of sp³-hybridized carbons (Fsp3) is 0.167. The van der Waals surface area contributed by atoms with Gasteiger partial charge in [-0.1, -0.05) is 12.1 Å². The van der Waals surface area contributed by atoms with E-state index in [-0.39, 0.29) is 11.8 Å². The highest BCUT2D eigenvalue weighted by atomic mass is 16.5. The fourth-order valence-electron chi connectivity index (χ4n) is 2.77. The minimum Gasteiger partial charge on any atom is -0.497 e. The van der Waals surface area contributed by atoms with Crippen molar-refractivity contribution < 1.29 is 19.1 Å². The van der Waals surface area contributed by atoms with Gasteiger partial charge in [0.2, 0.25) is 0 Å². The average Bonchev–Trinajstić information content (AvgIpc) is 2.74. The van der Waals surface area contributed by atoms with E-state index in [4.69, 9.17) is 9.47 Å². The summed E-state index contributed by atoms with van der Waals surface area (Å²) < 4.78 is 10.8. The Morgan fingerprint density at radius 3 is 2.10 bits per heavy atom. The molecule has 154 valence electrons. The van der Waals surface area contributed by atoms with E-state index in [0.717, 1.165) is 5.56 Å². The number of methoxy groups -OCH3 is 1. The highest BCUT2D eigenvalue weighted by Gasteiger charge is 2.15. The Balaban J connectivity index is 1.56. The number of aryl methyl sites for hydroxylation is 1. The molecule has 0 radical (unpaired) electrons. The molecule has 6 nitrogen and oxygen atoms in total. The van der Waals surface area contributed by atoms with Crippen LogP contribution in [0.4, 0.5) is 11.4 Å². The van der Waals surface area contributed by atoms with Crippen molar-refractivity contribution in [3.8, 4) is 11.5 Å². The van der Waals surface area contributed by atoms with E-state index in [9.17, 15) is 9.59 Å². The van der Waals surface area contributed by atoms with E-state index in [1.165, 1.54) is 0 Å². The summed E-state index contributed by atoms with van der Waals surface area (Å²) in [5, 5.41) is 5.61. The fourth-order valence-corrected chi connectivity index (χ4v) is 2.77. The van der Waals surface area contributed by atoms with E-state index >= 15 is 0 Å². The van der Waals surface area contributed by atoms with E-state index in [1.807, 2.05) is 31.2 Å². The molecule has 0 heterocycles. The largest absolute Gasteiger partial charge is 0.497 e. The molecule has 0 aromatic heterocycles. The van der Waals surface area contributed by atoms with Gasteiger partial charge in [-0.15, -0.1) is 0 Å². The molecule has 0 aliphatic rings. The number of ether oxygens (including phenoxy) is 2. The van der Waals surface area contributed by atoms with E-state index < -0.39 is 6.10 Å². The Labute approximate surface area is 175 Å². The summed E-state index contributed by atoms with van der Waals surface area (Å²) >= 11 is 0. The highest BCUT2D eigenvalue weighted by molar-refractivity contribution is 6.04. The Morgan fingerprint density at radius 1 is 0.833 bits per heavy atom. The molecule has 1 atom stereocenters. The van der Waals surface area contributed by atoms with Crippen LogP contribution in [-0.4, -0.2) is 25.0 Å². The van der Waals surface area contributed by atoms with Crippen LogP contribution >= 0.6 is 0 Å². The second-order valence-electron chi connectivity index (χ2n) is 6.83. The second-order valence-corrected chi connectivity index (χ2v) is 6.83. The number of anilines is 2. The van der Waals surface area contributed by atoms with Crippen LogP contribution in [0.3, 0.4) is 0 Å². The molecule has 2 amide bonds. The van der Waals surface area contributed by atoms with Gasteiger partial charge in [0, 0.05) is 16.9 Å². The Bertz CT molecular complexity index is 1010. The monoisotopic (exact) mass is 404 g/mol. The number of carbonyl (C=O) groups excluding carboxylic acids is 2. The predicted octanol–water partition coefficient (Wildman–Crippen LogP) is 4.66. The van der Waals surface area contributed by atoms with Gasteiger partial charge >= 0.3 is 0 Å². The molecule has 3 aromatic rings. The number of carbonyl (C=O) groups is 2. The standard InChI is InChI=1S/C24H24N2O4/c1-16-5-4-6-22(15-16)30-17(2)23(27)25-19-9-7-18(8-10-19)24(28)26-20-11-13-21(29-3)14-12-20/h4-15,17H,1-3H3,(H,25,27)(H,26,28). The van der Waals surface area contributed by atoms with Crippen LogP contribution in [0.2, 0.25) is 0 Å². The third-order valence-corrected chi connectivity index (χ3v) is 4.43. The molecular weight excluding hydrogens is 380 g/mol. The molecule has 0 aliphatic carbocycles. The van der Waals surface area contributed by atoms with E-state index in [1.54, 1.807) is 62.6 Å². The van der Waals surface area contributed by atoms with Crippen molar-refractivity contribution in [3.63, 3.8) is 0 Å². The quantitative estimate of drug-likeness (QED) is 0.600. The first-order valence-corrected chi connectivity index (χ1v) is 9.54. The maximum absolute atomic E-state index is 12.4. The van der Waals surface area contributed by atoms with Crippen molar-refractivity contribution in [1.82, 2.24) is 0 Å². The molecule has 0 fully saturated rings. The molecule has 1 unspecified atom stereocenters. The van der Waals surface area contributed by atoms with E-state index in [0.29, 0.717) is 28.4 Å². The van der Waals surface area contributed by atoms with Crippen LogP contribution in [0.5, 0.6) is 11.5 Å². The molecule has 0 saturated heterocycles. The Hall–Kier alpha value is -3.80. The van der Waals surface area contributed by atoms with Crippen molar-refractivity contribution in [2.45, 2.75) is 20.0 Å². The third kappa shape index (κ3) is 5.61. The zero-order valence-corrected chi connectivity index (χ0v) is 17.1. The van der Waals surface area contributed by atoms with Gasteiger partial charge < -0.3 is 20.1 Å². The number of hydrogen-bond donors (Lipinski definition) is 2. The number of hydrogen-bond acceptors (Lipinski definition) is 4. The zero-order chi connectivity index (χ0) is 21.5. The molecule has 0 aliphatic heterocycles. The molecule has 3 aromatic carbocycles. The van der Waals surface area contributed by atoms with Crippen LogP contribution in [0.1, 0.15) is 22.8 Å². The van der Waals surface area contributed by atoms with Crippen molar-refractivity contribution in [2.75, 3.05) is 17.7 Å². The van der Waals surface area contributed by atoms with Gasteiger partial charge in [0.05, 0.1) is 7.11 Å². The number of nitrogens with one attached hydrogen (secondary N) is 2. The lowest BCUT2D eigenvalue weighted by Crippen LogP contribution is -2.30. The molecule has 3 rings (SSSR count). The van der Waals surface area contributed by atoms with Crippen molar-refractivity contribution in [3.05, 3.63) is 83.9 Å². The summed E-state index contributed by atoms with van der Waals surface area (Å²) in [6, 6.07) is 21.3. The van der Waals surface area contributed by atoms with Crippen molar-refractivity contribution >= 4 is 23.2 Å². The van der Waals surface area contributed by atoms with Gasteiger partial charge in [0.15, 0.2) is 6.10 Å². The first-order valence-electron chi connectivity index (χ1n) is 9.54. The Morgan fingerprint density at radius 2 is 1.47 bits per heavy atom. The molecule has 6 heteroatoms. The summed E-state index contributed by atoms with van der Waals surface area (Å²) in [6.45, 7) is 3.65. The van der Waals surface area contributed by atoms with Crippen LogP contribution in [0.15, 0.2) is 72.8 Å². The maximum atomic E-state index is 12.4. The summed E-state index contributed by atoms with van der Waals surface area (Å²) in [6.07, 6.45) is -0.662. The third-order valence-electron chi connectivity index (χ3n) is 4.43. The number of rotatable bonds is 7. The lowest BCUT2D eigenvalue weighted by Gasteiger charge is -2.15. The Kier molecular flexibility index (Phi) is 6.70. The lowest BCUT2D eigenvalue weighted by atomic mass is 10.2. The lowest BCUT2D eigenvalue weighted by molar-refractivity contribution is -0.122. The summed E-state index contributed by atoms with van der Waals surface area (Å²) in [7, 11) is 1.59. The second kappa shape index (κ2) is 9.60. The van der Waals surface area contributed by atoms with Crippen LogP contribution in [0.25, 0.3) is 0 Å². The van der Waals surface area contributed by atoms with Crippen LogP contribution in [0, 0.1) is 6.92 Å². The highest BCUT2D eigenvalue weighted by Crippen LogP contribution is 2.18. The van der Waals surface area contributed by atoms with Crippen molar-refractivity contribution in [2.24, 2.45) is 0 Å². The summed E-state index contributed by atoms with van der Waals surface area (Å²) in [5.41, 5.74) is 2.79. The minimum atomic E-state index is -0.662. The van der Waals surface area contributed by atoms with Gasteiger partial charge in [-0.25, -0.2) is 0 Å². The number of benzene rings is 3. The summed E-state index contributed by atoms with van der Waals surface area (Å²) in [4.78, 5) is 24.8. The zero-order valence-electron chi connectivity index (χ0n) is 17.1. The van der Waals surface area contributed by atoms with Crippen LogP contribution in [-0.2, 0) is 4.79 Å². The predicted molar refractivity (Wildman–Crippen MR) is 117 cm³/mol. The maximum Gasteiger partial charge on any atom is 0.265 e. The van der Waals surface area contributed by atoms with Crippen molar-refractivity contribution in [1.29, 1.82) is 0 Å². The van der Waals surface area contributed by atoms with E-state index in [2.05, 4.69) is 10.6 Å². The SMILES string of the molecule is COc1ccc(NC(=O)c2ccc(NC(=O)C(C)Oc3cccc(C)c3)cc2)cc1.